The maximum Gasteiger partial charge on any atom is 0.243 e. The Morgan fingerprint density at radius 2 is 1.86 bits per heavy atom. The van der Waals surface area contributed by atoms with E-state index in [1.54, 1.807) is 7.05 Å². The van der Waals surface area contributed by atoms with Crippen molar-refractivity contribution in [2.75, 3.05) is 25.5 Å². The van der Waals surface area contributed by atoms with Crippen molar-refractivity contribution in [2.45, 2.75) is 6.42 Å². The highest BCUT2D eigenvalue weighted by Crippen LogP contribution is 2.17. The van der Waals surface area contributed by atoms with Gasteiger partial charge in [-0.1, -0.05) is 18.2 Å². The number of fused-ring (bicyclic) bond motifs is 1. The van der Waals surface area contributed by atoms with Crippen molar-refractivity contribution in [2.24, 2.45) is 4.99 Å². The first-order valence-electron chi connectivity index (χ1n) is 8.70. The third-order valence-corrected chi connectivity index (χ3v) is 4.13. The summed E-state index contributed by atoms with van der Waals surface area (Å²) in [5.41, 5.74) is 2.89. The Labute approximate surface area is 180 Å². The third kappa shape index (κ3) is 5.95. The van der Waals surface area contributed by atoms with E-state index in [9.17, 15) is 9.18 Å². The zero-order valence-electron chi connectivity index (χ0n) is 15.5. The maximum absolute atomic E-state index is 12.9. The molecule has 1 aromatic heterocycles. The first-order chi connectivity index (χ1) is 13.2. The highest BCUT2D eigenvalue weighted by Gasteiger charge is 2.06. The number of H-pyrrole nitrogens is 1. The van der Waals surface area contributed by atoms with Crippen molar-refractivity contribution in [3.63, 3.8) is 0 Å². The number of hydrogen-bond donors (Lipinski definition) is 4. The Balaban J connectivity index is 0.00000280. The van der Waals surface area contributed by atoms with Crippen LogP contribution in [0.5, 0.6) is 0 Å². The van der Waals surface area contributed by atoms with Crippen LogP contribution < -0.4 is 16.0 Å². The number of para-hydroxylation sites is 1. The van der Waals surface area contributed by atoms with Crippen molar-refractivity contribution in [3.05, 3.63) is 66.1 Å². The molecule has 0 fully saturated rings. The highest BCUT2D eigenvalue weighted by molar-refractivity contribution is 14.0. The number of amides is 1. The lowest BCUT2D eigenvalue weighted by Gasteiger charge is -2.12. The van der Waals surface area contributed by atoms with Gasteiger partial charge in [-0.2, -0.15) is 0 Å². The van der Waals surface area contributed by atoms with Crippen LogP contribution in [-0.4, -0.2) is 37.0 Å². The minimum Gasteiger partial charge on any atom is -0.361 e. The van der Waals surface area contributed by atoms with Gasteiger partial charge < -0.3 is 20.9 Å². The van der Waals surface area contributed by atoms with E-state index >= 15 is 0 Å². The van der Waals surface area contributed by atoms with Crippen LogP contribution in [0.3, 0.4) is 0 Å². The third-order valence-electron chi connectivity index (χ3n) is 4.13. The number of carbonyl (C=O) groups excluding carboxylic acids is 1. The van der Waals surface area contributed by atoms with Gasteiger partial charge in [0.1, 0.15) is 5.82 Å². The van der Waals surface area contributed by atoms with E-state index in [2.05, 4.69) is 32.0 Å². The largest absolute Gasteiger partial charge is 0.361 e. The van der Waals surface area contributed by atoms with Gasteiger partial charge in [0.2, 0.25) is 5.91 Å². The van der Waals surface area contributed by atoms with Crippen LogP contribution >= 0.6 is 24.0 Å². The molecule has 148 valence electrons. The molecule has 0 aliphatic carbocycles. The zero-order valence-corrected chi connectivity index (χ0v) is 17.8. The van der Waals surface area contributed by atoms with E-state index in [-0.39, 0.29) is 42.2 Å². The molecule has 0 bridgehead atoms. The Hall–Kier alpha value is -2.62. The van der Waals surface area contributed by atoms with E-state index in [0.29, 0.717) is 18.2 Å². The summed E-state index contributed by atoms with van der Waals surface area (Å²) in [4.78, 5) is 19.3. The Kier molecular flexibility index (Phi) is 8.24. The lowest BCUT2D eigenvalue weighted by Crippen LogP contribution is -2.42. The number of nitrogens with zero attached hydrogens (tertiary/aromatic N) is 1. The number of nitrogens with one attached hydrogen (secondary N) is 4. The van der Waals surface area contributed by atoms with Crippen molar-refractivity contribution in [1.29, 1.82) is 0 Å². The number of aromatic nitrogens is 1. The molecule has 28 heavy (non-hydrogen) atoms. The zero-order chi connectivity index (χ0) is 19.1. The molecule has 1 amide bonds. The molecule has 8 heteroatoms. The first kappa shape index (κ1) is 21.7. The van der Waals surface area contributed by atoms with E-state index < -0.39 is 0 Å². The predicted octanol–water partition coefficient (Wildman–Crippen LogP) is 3.27. The van der Waals surface area contributed by atoms with E-state index in [1.165, 1.54) is 35.2 Å². The minimum atomic E-state index is -0.342. The number of carbonyl (C=O) groups is 1. The number of halogens is 2. The second-order valence-electron chi connectivity index (χ2n) is 6.02. The smallest absolute Gasteiger partial charge is 0.243 e. The van der Waals surface area contributed by atoms with E-state index in [0.717, 1.165) is 11.9 Å². The Bertz CT molecular complexity index is 939. The average Bonchev–Trinajstić information content (AvgIpc) is 3.09. The highest BCUT2D eigenvalue weighted by atomic mass is 127. The molecule has 3 rings (SSSR count). The summed E-state index contributed by atoms with van der Waals surface area (Å²) in [5.74, 6) is -0.0313. The monoisotopic (exact) mass is 495 g/mol. The molecule has 2 aromatic carbocycles. The number of guanidine groups is 1. The summed E-state index contributed by atoms with van der Waals surface area (Å²) in [6.45, 7) is 0.741. The lowest BCUT2D eigenvalue weighted by molar-refractivity contribution is -0.115. The molecule has 0 unspecified atom stereocenters. The van der Waals surface area contributed by atoms with Gasteiger partial charge in [0.15, 0.2) is 5.96 Å². The van der Waals surface area contributed by atoms with E-state index in [1.807, 2.05) is 24.4 Å². The van der Waals surface area contributed by atoms with Crippen LogP contribution in [0.2, 0.25) is 0 Å². The number of aliphatic imine (C=N–C) groups is 1. The molecule has 0 radical (unpaired) electrons. The standard InChI is InChI=1S/C20H22FN5O.HI/c1-22-20(25-13-19(27)26-16-8-6-15(21)7-9-16)23-11-10-14-12-24-18-5-3-2-4-17(14)18;/h2-9,12,24H,10-11,13H2,1H3,(H,26,27)(H2,22,23,25);1H. The quantitative estimate of drug-likeness (QED) is 0.241. The summed E-state index contributed by atoms with van der Waals surface area (Å²) in [6.07, 6.45) is 2.84. The Morgan fingerprint density at radius 3 is 2.61 bits per heavy atom. The van der Waals surface area contributed by atoms with Gasteiger partial charge >= 0.3 is 0 Å². The number of benzene rings is 2. The fourth-order valence-corrected chi connectivity index (χ4v) is 2.78. The van der Waals surface area contributed by atoms with Crippen LogP contribution in [-0.2, 0) is 11.2 Å². The van der Waals surface area contributed by atoms with Crippen molar-refractivity contribution < 1.29 is 9.18 Å². The first-order valence-corrected chi connectivity index (χ1v) is 8.70. The number of rotatable bonds is 6. The number of hydrogen-bond acceptors (Lipinski definition) is 2. The second kappa shape index (κ2) is 10.6. The molecule has 0 spiro atoms. The summed E-state index contributed by atoms with van der Waals surface area (Å²) in [6, 6.07) is 13.8. The normalized spacial score (nSPS) is 11.0. The minimum absolute atomic E-state index is 0. The van der Waals surface area contributed by atoms with Crippen LogP contribution in [0.25, 0.3) is 10.9 Å². The molecule has 0 saturated heterocycles. The van der Waals surface area contributed by atoms with Crippen molar-refractivity contribution in [1.82, 2.24) is 15.6 Å². The molecule has 0 atom stereocenters. The van der Waals surface area contributed by atoms with Gasteiger partial charge in [0, 0.05) is 36.4 Å². The fraction of sp³-hybridized carbons (Fsp3) is 0.200. The number of aromatic amines is 1. The SMILES string of the molecule is CN=C(NCCc1c[nH]c2ccccc12)NCC(=O)Nc1ccc(F)cc1.I. The fourth-order valence-electron chi connectivity index (χ4n) is 2.78. The lowest BCUT2D eigenvalue weighted by atomic mass is 10.1. The summed E-state index contributed by atoms with van der Waals surface area (Å²) in [7, 11) is 1.65. The molecule has 3 aromatic rings. The molecular weight excluding hydrogens is 472 g/mol. The average molecular weight is 495 g/mol. The van der Waals surface area contributed by atoms with Crippen molar-refractivity contribution in [3.8, 4) is 0 Å². The summed E-state index contributed by atoms with van der Waals surface area (Å²) in [5, 5.41) is 10.1. The maximum atomic E-state index is 12.9. The van der Waals surface area contributed by atoms with Gasteiger partial charge in [-0.05, 0) is 42.3 Å². The van der Waals surface area contributed by atoms with Gasteiger partial charge in [0.05, 0.1) is 6.54 Å². The molecule has 1 heterocycles. The van der Waals surface area contributed by atoms with Crippen LogP contribution in [0.15, 0.2) is 59.7 Å². The second-order valence-corrected chi connectivity index (χ2v) is 6.02. The predicted molar refractivity (Wildman–Crippen MR) is 122 cm³/mol. The number of anilines is 1. The van der Waals surface area contributed by atoms with Crippen molar-refractivity contribution >= 4 is 52.4 Å². The molecule has 0 saturated carbocycles. The Morgan fingerprint density at radius 1 is 1.11 bits per heavy atom. The molecule has 4 N–H and O–H groups in total. The van der Waals surface area contributed by atoms with E-state index in [4.69, 9.17) is 0 Å². The topological polar surface area (TPSA) is 81.3 Å². The summed E-state index contributed by atoms with van der Waals surface area (Å²) >= 11 is 0. The van der Waals surface area contributed by atoms with Gasteiger partial charge in [-0.3, -0.25) is 9.79 Å². The van der Waals surface area contributed by atoms with Gasteiger partial charge in [-0.25, -0.2) is 4.39 Å². The summed E-state index contributed by atoms with van der Waals surface area (Å²) < 4.78 is 12.9. The molecule has 6 nitrogen and oxygen atoms in total. The van der Waals surface area contributed by atoms with Gasteiger partial charge in [0.25, 0.3) is 0 Å². The molecule has 0 aliphatic heterocycles. The molecular formula is C20H23FIN5O. The van der Waals surface area contributed by atoms with Crippen LogP contribution in [0, 0.1) is 5.82 Å². The van der Waals surface area contributed by atoms with Crippen LogP contribution in [0.4, 0.5) is 10.1 Å². The molecule has 0 aliphatic rings. The van der Waals surface area contributed by atoms with Gasteiger partial charge in [-0.15, -0.1) is 24.0 Å². The van der Waals surface area contributed by atoms with Crippen LogP contribution in [0.1, 0.15) is 5.56 Å².